The number of hydrogen-bond acceptors (Lipinski definition) is 5. The Kier molecular flexibility index (Phi) is 6.11. The van der Waals surface area contributed by atoms with Crippen molar-refractivity contribution < 1.29 is 19.4 Å². The first-order valence-corrected chi connectivity index (χ1v) is 7.57. The van der Waals surface area contributed by atoms with Crippen LogP contribution < -0.4 is 15.5 Å². The fourth-order valence-electron chi connectivity index (χ4n) is 2.08. The van der Waals surface area contributed by atoms with Crippen molar-refractivity contribution >= 4 is 18.0 Å². The van der Waals surface area contributed by atoms with Crippen molar-refractivity contribution in [1.82, 2.24) is 10.7 Å². The topological polar surface area (TPSA) is 100 Å². The van der Waals surface area contributed by atoms with Crippen molar-refractivity contribution in [2.75, 3.05) is 7.11 Å². The highest BCUT2D eigenvalue weighted by Gasteiger charge is 2.16. The Balaban J connectivity index is 1.90. The van der Waals surface area contributed by atoms with Crippen molar-refractivity contribution in [3.05, 3.63) is 59.7 Å². The SMILES string of the molecule is COc1cc(/C=N/NC(=O)C(=O)NC(C)c2ccccc2)ccc1O. The number of aromatic hydroxyl groups is 1. The third kappa shape index (κ3) is 5.07. The molecule has 2 amide bonds. The maximum Gasteiger partial charge on any atom is 0.329 e. The van der Waals surface area contributed by atoms with Gasteiger partial charge in [0.2, 0.25) is 0 Å². The molecule has 2 rings (SSSR count). The van der Waals surface area contributed by atoms with Crippen LogP contribution in [0.2, 0.25) is 0 Å². The third-order valence-electron chi connectivity index (χ3n) is 3.44. The smallest absolute Gasteiger partial charge is 0.329 e. The molecular weight excluding hydrogens is 322 g/mol. The molecule has 25 heavy (non-hydrogen) atoms. The monoisotopic (exact) mass is 341 g/mol. The van der Waals surface area contributed by atoms with Crippen LogP contribution in [0.3, 0.4) is 0 Å². The molecule has 0 aliphatic heterocycles. The first-order valence-electron chi connectivity index (χ1n) is 7.57. The third-order valence-corrected chi connectivity index (χ3v) is 3.44. The van der Waals surface area contributed by atoms with Crippen LogP contribution in [0.5, 0.6) is 11.5 Å². The van der Waals surface area contributed by atoms with Gasteiger partial charge in [-0.15, -0.1) is 0 Å². The minimum Gasteiger partial charge on any atom is -0.504 e. The van der Waals surface area contributed by atoms with E-state index in [1.165, 1.54) is 19.4 Å². The van der Waals surface area contributed by atoms with Crippen molar-refractivity contribution in [3.63, 3.8) is 0 Å². The van der Waals surface area contributed by atoms with Crippen molar-refractivity contribution in [1.29, 1.82) is 0 Å². The van der Waals surface area contributed by atoms with E-state index in [0.29, 0.717) is 5.56 Å². The highest BCUT2D eigenvalue weighted by Crippen LogP contribution is 2.25. The number of carbonyl (C=O) groups excluding carboxylic acids is 2. The number of phenolic OH excluding ortho intramolecular Hbond substituents is 1. The first kappa shape index (κ1) is 18.0. The minimum absolute atomic E-state index is 0.00189. The van der Waals surface area contributed by atoms with E-state index in [2.05, 4.69) is 15.8 Å². The summed E-state index contributed by atoms with van der Waals surface area (Å²) in [4.78, 5) is 23.6. The number of methoxy groups -OCH3 is 1. The maximum absolute atomic E-state index is 11.9. The number of phenols is 1. The van der Waals surface area contributed by atoms with Crippen LogP contribution in [-0.4, -0.2) is 30.2 Å². The van der Waals surface area contributed by atoms with Gasteiger partial charge in [0.05, 0.1) is 19.4 Å². The normalized spacial score (nSPS) is 11.8. The molecule has 0 bridgehead atoms. The second-order valence-corrected chi connectivity index (χ2v) is 5.24. The van der Waals surface area contributed by atoms with Gasteiger partial charge >= 0.3 is 11.8 Å². The molecular formula is C18H19N3O4. The number of carbonyl (C=O) groups is 2. The Morgan fingerprint density at radius 1 is 1.16 bits per heavy atom. The zero-order valence-corrected chi connectivity index (χ0v) is 13.9. The largest absolute Gasteiger partial charge is 0.504 e. The number of amides is 2. The second-order valence-electron chi connectivity index (χ2n) is 5.24. The number of hydrogen-bond donors (Lipinski definition) is 3. The van der Waals surface area contributed by atoms with Gasteiger partial charge in [-0.3, -0.25) is 9.59 Å². The maximum atomic E-state index is 11.9. The minimum atomic E-state index is -0.871. The summed E-state index contributed by atoms with van der Waals surface area (Å²) in [5, 5.41) is 15.8. The molecule has 1 atom stereocenters. The summed E-state index contributed by atoms with van der Waals surface area (Å²) < 4.78 is 4.97. The lowest BCUT2D eigenvalue weighted by molar-refractivity contribution is -0.139. The summed E-state index contributed by atoms with van der Waals surface area (Å²) >= 11 is 0. The van der Waals surface area contributed by atoms with E-state index in [0.717, 1.165) is 5.56 Å². The first-order chi connectivity index (χ1) is 12.0. The fourth-order valence-corrected chi connectivity index (χ4v) is 2.08. The molecule has 0 saturated carbocycles. The van der Waals surface area contributed by atoms with Crippen LogP contribution >= 0.6 is 0 Å². The lowest BCUT2D eigenvalue weighted by atomic mass is 10.1. The lowest BCUT2D eigenvalue weighted by Crippen LogP contribution is -2.39. The van der Waals surface area contributed by atoms with Crippen molar-refractivity contribution in [2.24, 2.45) is 5.10 Å². The summed E-state index contributed by atoms with van der Waals surface area (Å²) in [6, 6.07) is 13.6. The molecule has 0 aromatic heterocycles. The van der Waals surface area contributed by atoms with Crippen molar-refractivity contribution in [3.8, 4) is 11.5 Å². The van der Waals surface area contributed by atoms with Gasteiger partial charge in [-0.05, 0) is 36.2 Å². The number of hydrazone groups is 1. The van der Waals surface area contributed by atoms with Gasteiger partial charge in [0.25, 0.3) is 0 Å². The summed E-state index contributed by atoms with van der Waals surface area (Å²) in [6.45, 7) is 1.78. The Hall–Kier alpha value is -3.35. The van der Waals surface area contributed by atoms with E-state index in [-0.39, 0.29) is 17.5 Å². The van der Waals surface area contributed by atoms with Gasteiger partial charge in [-0.25, -0.2) is 5.43 Å². The number of ether oxygens (including phenoxy) is 1. The molecule has 0 spiro atoms. The van der Waals surface area contributed by atoms with Crippen LogP contribution in [0.1, 0.15) is 24.1 Å². The second kappa shape index (κ2) is 8.49. The molecule has 0 fully saturated rings. The molecule has 1 unspecified atom stereocenters. The Morgan fingerprint density at radius 2 is 1.88 bits per heavy atom. The predicted octanol–water partition coefficient (Wildman–Crippen LogP) is 1.73. The summed E-state index contributed by atoms with van der Waals surface area (Å²) in [7, 11) is 1.43. The highest BCUT2D eigenvalue weighted by atomic mass is 16.5. The molecule has 2 aromatic carbocycles. The molecule has 0 aliphatic carbocycles. The quantitative estimate of drug-likeness (QED) is 0.438. The average molecular weight is 341 g/mol. The van der Waals surface area contributed by atoms with Gasteiger partial charge in [-0.1, -0.05) is 30.3 Å². The van der Waals surface area contributed by atoms with E-state index in [9.17, 15) is 14.7 Å². The molecule has 0 saturated heterocycles. The molecule has 3 N–H and O–H groups in total. The van der Waals surface area contributed by atoms with Gasteiger partial charge < -0.3 is 15.2 Å². The molecule has 7 heteroatoms. The van der Waals surface area contributed by atoms with E-state index < -0.39 is 11.8 Å². The zero-order valence-electron chi connectivity index (χ0n) is 13.9. The van der Waals surface area contributed by atoms with Crippen LogP contribution in [0.25, 0.3) is 0 Å². The highest BCUT2D eigenvalue weighted by molar-refractivity contribution is 6.35. The molecule has 0 radical (unpaired) electrons. The fraction of sp³-hybridized carbons (Fsp3) is 0.167. The summed E-state index contributed by atoms with van der Waals surface area (Å²) in [6.07, 6.45) is 1.34. The number of nitrogens with one attached hydrogen (secondary N) is 2. The standard InChI is InChI=1S/C18H19N3O4/c1-12(14-6-4-3-5-7-14)20-17(23)18(24)21-19-11-13-8-9-15(22)16(10-13)25-2/h3-12,22H,1-2H3,(H,20,23)(H,21,24)/b19-11+. The lowest BCUT2D eigenvalue weighted by Gasteiger charge is -2.13. The van der Waals surface area contributed by atoms with E-state index in [4.69, 9.17) is 4.74 Å². The van der Waals surface area contributed by atoms with E-state index >= 15 is 0 Å². The van der Waals surface area contributed by atoms with Crippen LogP contribution in [0, 0.1) is 0 Å². The average Bonchev–Trinajstić information content (AvgIpc) is 2.63. The van der Waals surface area contributed by atoms with Gasteiger partial charge in [0, 0.05) is 0 Å². The Labute approximate surface area is 145 Å². The van der Waals surface area contributed by atoms with Crippen LogP contribution in [0.15, 0.2) is 53.6 Å². The number of benzene rings is 2. The zero-order chi connectivity index (χ0) is 18.2. The van der Waals surface area contributed by atoms with Crippen molar-refractivity contribution in [2.45, 2.75) is 13.0 Å². The molecule has 7 nitrogen and oxygen atoms in total. The molecule has 0 aliphatic rings. The Bertz CT molecular complexity index is 775. The predicted molar refractivity (Wildman–Crippen MR) is 93.4 cm³/mol. The van der Waals surface area contributed by atoms with Crippen LogP contribution in [-0.2, 0) is 9.59 Å². The number of nitrogens with zero attached hydrogens (tertiary/aromatic N) is 1. The Morgan fingerprint density at radius 3 is 2.56 bits per heavy atom. The molecule has 130 valence electrons. The van der Waals surface area contributed by atoms with Gasteiger partial charge in [0.15, 0.2) is 11.5 Å². The molecule has 2 aromatic rings. The van der Waals surface area contributed by atoms with E-state index in [1.54, 1.807) is 19.1 Å². The van der Waals surface area contributed by atoms with Crippen LogP contribution in [0.4, 0.5) is 0 Å². The van der Waals surface area contributed by atoms with Gasteiger partial charge in [-0.2, -0.15) is 5.10 Å². The molecule has 0 heterocycles. The summed E-state index contributed by atoms with van der Waals surface area (Å²) in [5.41, 5.74) is 3.64. The number of rotatable bonds is 5. The van der Waals surface area contributed by atoms with E-state index in [1.807, 2.05) is 30.3 Å². The summed E-state index contributed by atoms with van der Waals surface area (Å²) in [5.74, 6) is -1.37. The van der Waals surface area contributed by atoms with Gasteiger partial charge in [0.1, 0.15) is 0 Å².